The second-order valence-corrected chi connectivity index (χ2v) is 5.53. The van der Waals surface area contributed by atoms with Gasteiger partial charge in [-0.15, -0.1) is 0 Å². The Hall–Kier alpha value is -2.43. The summed E-state index contributed by atoms with van der Waals surface area (Å²) in [5.74, 6) is 0.726. The van der Waals surface area contributed by atoms with E-state index in [1.807, 2.05) is 24.4 Å². The smallest absolute Gasteiger partial charge is 0.223 e. The second-order valence-electron chi connectivity index (χ2n) is 5.53. The minimum absolute atomic E-state index is 0.523. The molecule has 0 unspecified atom stereocenters. The van der Waals surface area contributed by atoms with Crippen molar-refractivity contribution in [3.05, 3.63) is 36.8 Å². The number of imidazole rings is 1. The largest absolute Gasteiger partial charge is 0.351 e. The highest BCUT2D eigenvalue weighted by Gasteiger charge is 2.15. The zero-order valence-corrected chi connectivity index (χ0v) is 11.7. The van der Waals surface area contributed by atoms with Gasteiger partial charge in [0.2, 0.25) is 5.95 Å². The number of benzene rings is 1. The second kappa shape index (κ2) is 5.16. The monoisotopic (exact) mass is 279 g/mol. The summed E-state index contributed by atoms with van der Waals surface area (Å²) in [5, 5.41) is 3.44. The predicted octanol–water partition coefficient (Wildman–Crippen LogP) is 3.37. The molecule has 4 rings (SSSR count). The Morgan fingerprint density at radius 3 is 2.90 bits per heavy atom. The van der Waals surface area contributed by atoms with Gasteiger partial charge in [-0.05, 0) is 31.0 Å². The van der Waals surface area contributed by atoms with Gasteiger partial charge < -0.3 is 10.3 Å². The third-order valence-corrected chi connectivity index (χ3v) is 4.06. The first kappa shape index (κ1) is 12.3. The molecular formula is C16H17N5. The molecule has 0 radical (unpaired) electrons. The van der Waals surface area contributed by atoms with Crippen LogP contribution in [0.2, 0.25) is 0 Å². The van der Waals surface area contributed by atoms with Crippen LogP contribution in [0.1, 0.15) is 25.7 Å². The van der Waals surface area contributed by atoms with Crippen LogP contribution in [0.3, 0.4) is 0 Å². The van der Waals surface area contributed by atoms with Crippen molar-refractivity contribution in [3.63, 3.8) is 0 Å². The van der Waals surface area contributed by atoms with Crippen LogP contribution in [0.25, 0.3) is 22.3 Å². The first-order chi connectivity index (χ1) is 10.4. The summed E-state index contributed by atoms with van der Waals surface area (Å²) in [6.07, 6.45) is 8.56. The lowest BCUT2D eigenvalue weighted by Crippen LogP contribution is -2.16. The third kappa shape index (κ3) is 2.46. The maximum Gasteiger partial charge on any atom is 0.223 e. The van der Waals surface area contributed by atoms with Crippen molar-refractivity contribution in [3.8, 4) is 11.3 Å². The Balaban J connectivity index is 1.64. The molecule has 2 heterocycles. The van der Waals surface area contributed by atoms with E-state index in [0.717, 1.165) is 28.2 Å². The van der Waals surface area contributed by atoms with E-state index in [0.29, 0.717) is 6.04 Å². The first-order valence-corrected chi connectivity index (χ1v) is 7.41. The van der Waals surface area contributed by atoms with Gasteiger partial charge in [-0.1, -0.05) is 18.9 Å². The number of nitrogens with zero attached hydrogens (tertiary/aromatic N) is 3. The molecule has 1 fully saturated rings. The van der Waals surface area contributed by atoms with Crippen molar-refractivity contribution in [2.45, 2.75) is 31.7 Å². The Labute approximate surface area is 122 Å². The van der Waals surface area contributed by atoms with Gasteiger partial charge in [0.1, 0.15) is 0 Å². The van der Waals surface area contributed by atoms with Gasteiger partial charge in [0.05, 0.1) is 23.1 Å². The van der Waals surface area contributed by atoms with E-state index in [4.69, 9.17) is 0 Å². The van der Waals surface area contributed by atoms with Crippen LogP contribution in [-0.4, -0.2) is 26.0 Å². The van der Waals surface area contributed by atoms with Crippen LogP contribution in [-0.2, 0) is 0 Å². The SMILES string of the molecule is c1cc(-c2ccc3nc[nH]c3c2)nc(NC2CCCC2)n1. The van der Waals surface area contributed by atoms with Crippen LogP contribution in [0.5, 0.6) is 0 Å². The Morgan fingerprint density at radius 1 is 1.10 bits per heavy atom. The molecule has 2 aromatic heterocycles. The lowest BCUT2D eigenvalue weighted by molar-refractivity contribution is 0.744. The molecule has 5 heteroatoms. The summed E-state index contributed by atoms with van der Waals surface area (Å²) < 4.78 is 0. The van der Waals surface area contributed by atoms with Crippen LogP contribution in [0.4, 0.5) is 5.95 Å². The van der Waals surface area contributed by atoms with E-state index >= 15 is 0 Å². The molecule has 1 aromatic carbocycles. The molecule has 106 valence electrons. The number of rotatable bonds is 3. The highest BCUT2D eigenvalue weighted by atomic mass is 15.1. The van der Waals surface area contributed by atoms with Crippen molar-refractivity contribution in [1.82, 2.24) is 19.9 Å². The molecule has 2 N–H and O–H groups in total. The van der Waals surface area contributed by atoms with E-state index in [9.17, 15) is 0 Å². The summed E-state index contributed by atoms with van der Waals surface area (Å²) in [6, 6.07) is 8.59. The topological polar surface area (TPSA) is 66.5 Å². The Bertz CT molecular complexity index is 758. The van der Waals surface area contributed by atoms with Gasteiger partial charge in [-0.3, -0.25) is 0 Å². The molecular weight excluding hydrogens is 262 g/mol. The van der Waals surface area contributed by atoms with Gasteiger partial charge in [-0.2, -0.15) is 0 Å². The fourth-order valence-corrected chi connectivity index (χ4v) is 2.94. The summed E-state index contributed by atoms with van der Waals surface area (Å²) in [4.78, 5) is 16.4. The number of hydrogen-bond acceptors (Lipinski definition) is 4. The van der Waals surface area contributed by atoms with Crippen molar-refractivity contribution < 1.29 is 0 Å². The molecule has 0 spiro atoms. The maximum absolute atomic E-state index is 4.64. The number of aromatic nitrogens is 4. The van der Waals surface area contributed by atoms with Gasteiger partial charge in [0.25, 0.3) is 0 Å². The third-order valence-electron chi connectivity index (χ3n) is 4.06. The van der Waals surface area contributed by atoms with Crippen molar-refractivity contribution in [2.75, 3.05) is 5.32 Å². The van der Waals surface area contributed by atoms with E-state index in [1.165, 1.54) is 25.7 Å². The molecule has 5 nitrogen and oxygen atoms in total. The molecule has 3 aromatic rings. The van der Waals surface area contributed by atoms with Crippen LogP contribution in [0.15, 0.2) is 36.8 Å². The average molecular weight is 279 g/mol. The molecule has 0 saturated heterocycles. The fourth-order valence-electron chi connectivity index (χ4n) is 2.94. The standard InChI is InChI=1S/C16H17N5/c1-2-4-12(3-1)20-16-17-8-7-13(21-16)11-5-6-14-15(9-11)19-10-18-14/h5-10,12H,1-4H2,(H,18,19)(H,17,20,21). The summed E-state index contributed by atoms with van der Waals surface area (Å²) in [5.41, 5.74) is 4.00. The van der Waals surface area contributed by atoms with Crippen molar-refractivity contribution in [2.24, 2.45) is 0 Å². The lowest BCUT2D eigenvalue weighted by Gasteiger charge is -2.12. The van der Waals surface area contributed by atoms with E-state index < -0.39 is 0 Å². The Kier molecular flexibility index (Phi) is 3.03. The summed E-state index contributed by atoms with van der Waals surface area (Å²) in [6.45, 7) is 0. The fraction of sp³-hybridized carbons (Fsp3) is 0.312. The Morgan fingerprint density at radius 2 is 2.00 bits per heavy atom. The number of aromatic amines is 1. The highest BCUT2D eigenvalue weighted by Crippen LogP contribution is 2.24. The minimum Gasteiger partial charge on any atom is -0.351 e. The van der Waals surface area contributed by atoms with Gasteiger partial charge in [0.15, 0.2) is 0 Å². The van der Waals surface area contributed by atoms with Crippen molar-refractivity contribution in [1.29, 1.82) is 0 Å². The zero-order chi connectivity index (χ0) is 14.1. The number of hydrogen-bond donors (Lipinski definition) is 2. The molecule has 0 amide bonds. The van der Waals surface area contributed by atoms with Crippen LogP contribution >= 0.6 is 0 Å². The maximum atomic E-state index is 4.64. The normalized spacial score (nSPS) is 15.6. The minimum atomic E-state index is 0.523. The van der Waals surface area contributed by atoms with E-state index in [1.54, 1.807) is 6.33 Å². The number of H-pyrrole nitrogens is 1. The zero-order valence-electron chi connectivity index (χ0n) is 11.7. The quantitative estimate of drug-likeness (QED) is 0.771. The molecule has 1 aliphatic carbocycles. The number of fused-ring (bicyclic) bond motifs is 1. The molecule has 0 aliphatic heterocycles. The molecule has 21 heavy (non-hydrogen) atoms. The molecule has 1 aliphatic rings. The number of anilines is 1. The van der Waals surface area contributed by atoms with Gasteiger partial charge in [0, 0.05) is 17.8 Å². The lowest BCUT2D eigenvalue weighted by atomic mass is 10.1. The molecule has 0 bridgehead atoms. The summed E-state index contributed by atoms with van der Waals surface area (Å²) in [7, 11) is 0. The van der Waals surface area contributed by atoms with E-state index in [2.05, 4.69) is 31.3 Å². The van der Waals surface area contributed by atoms with Gasteiger partial charge >= 0.3 is 0 Å². The molecule has 0 atom stereocenters. The average Bonchev–Trinajstić information content (AvgIpc) is 3.17. The van der Waals surface area contributed by atoms with Gasteiger partial charge in [-0.25, -0.2) is 15.0 Å². The predicted molar refractivity (Wildman–Crippen MR) is 83.0 cm³/mol. The first-order valence-electron chi connectivity index (χ1n) is 7.41. The summed E-state index contributed by atoms with van der Waals surface area (Å²) >= 11 is 0. The van der Waals surface area contributed by atoms with Crippen LogP contribution in [0, 0.1) is 0 Å². The van der Waals surface area contributed by atoms with E-state index in [-0.39, 0.29) is 0 Å². The highest BCUT2D eigenvalue weighted by molar-refractivity contribution is 5.80. The number of nitrogens with one attached hydrogen (secondary N) is 2. The van der Waals surface area contributed by atoms with Crippen LogP contribution < -0.4 is 5.32 Å². The molecule has 1 saturated carbocycles. The van der Waals surface area contributed by atoms with Crippen molar-refractivity contribution >= 4 is 17.0 Å².